The van der Waals surface area contributed by atoms with E-state index in [1.165, 1.54) is 6.92 Å². The zero-order valence-electron chi connectivity index (χ0n) is 15.3. The SMILES string of the molecule is Cc1c(-c2cc3cc(OCc4ccccc4Cl)ccc3o2)oc(=O)c(C)c1O. The van der Waals surface area contributed by atoms with Crippen molar-refractivity contribution in [2.45, 2.75) is 20.5 Å². The van der Waals surface area contributed by atoms with Crippen LogP contribution in [0.5, 0.6) is 11.5 Å². The predicted octanol–water partition coefficient (Wildman–Crippen LogP) is 5.61. The van der Waals surface area contributed by atoms with Crippen molar-refractivity contribution in [3.63, 3.8) is 0 Å². The van der Waals surface area contributed by atoms with Crippen molar-refractivity contribution < 1.29 is 18.7 Å². The summed E-state index contributed by atoms with van der Waals surface area (Å²) in [6, 6.07) is 14.7. The Bertz CT molecular complexity index is 1240. The van der Waals surface area contributed by atoms with Crippen molar-refractivity contribution in [1.82, 2.24) is 0 Å². The molecule has 28 heavy (non-hydrogen) atoms. The Labute approximate surface area is 165 Å². The number of hydrogen-bond donors (Lipinski definition) is 1. The van der Waals surface area contributed by atoms with Crippen LogP contribution in [0.1, 0.15) is 16.7 Å². The molecule has 0 spiro atoms. The first-order valence-corrected chi connectivity index (χ1v) is 9.05. The molecule has 4 aromatic rings. The third-order valence-electron chi connectivity index (χ3n) is 4.62. The van der Waals surface area contributed by atoms with Gasteiger partial charge in [-0.1, -0.05) is 29.8 Å². The molecule has 0 aliphatic rings. The van der Waals surface area contributed by atoms with Crippen LogP contribution in [0.15, 0.2) is 62.2 Å². The number of hydrogen-bond acceptors (Lipinski definition) is 5. The molecule has 0 bridgehead atoms. The highest BCUT2D eigenvalue weighted by Gasteiger charge is 2.18. The summed E-state index contributed by atoms with van der Waals surface area (Å²) < 4.78 is 17.0. The summed E-state index contributed by atoms with van der Waals surface area (Å²) in [6.07, 6.45) is 0. The molecule has 0 atom stereocenters. The van der Waals surface area contributed by atoms with Crippen molar-refractivity contribution in [3.05, 3.63) is 80.7 Å². The number of ether oxygens (including phenoxy) is 1. The molecule has 0 fully saturated rings. The Hall–Kier alpha value is -3.18. The van der Waals surface area contributed by atoms with E-state index in [1.54, 1.807) is 25.1 Å². The van der Waals surface area contributed by atoms with Gasteiger partial charge < -0.3 is 18.7 Å². The summed E-state index contributed by atoms with van der Waals surface area (Å²) in [6.45, 7) is 3.53. The normalized spacial score (nSPS) is 11.1. The van der Waals surface area contributed by atoms with E-state index in [9.17, 15) is 9.90 Å². The third kappa shape index (κ3) is 3.25. The molecular weight excluding hydrogens is 380 g/mol. The van der Waals surface area contributed by atoms with Gasteiger partial charge in [0.2, 0.25) is 0 Å². The van der Waals surface area contributed by atoms with Crippen LogP contribution in [-0.4, -0.2) is 5.11 Å². The first-order chi connectivity index (χ1) is 13.4. The molecule has 0 saturated heterocycles. The Kier molecular flexibility index (Phi) is 4.61. The Balaban J connectivity index is 1.66. The maximum absolute atomic E-state index is 11.9. The molecule has 0 amide bonds. The van der Waals surface area contributed by atoms with Crippen LogP contribution in [0.4, 0.5) is 0 Å². The van der Waals surface area contributed by atoms with Crippen LogP contribution in [0.2, 0.25) is 5.02 Å². The summed E-state index contributed by atoms with van der Waals surface area (Å²) in [4.78, 5) is 11.9. The minimum absolute atomic E-state index is 0.0875. The van der Waals surface area contributed by atoms with E-state index in [1.807, 2.05) is 30.3 Å². The fourth-order valence-electron chi connectivity index (χ4n) is 2.97. The van der Waals surface area contributed by atoms with Gasteiger partial charge in [-0.2, -0.15) is 0 Å². The second-order valence-electron chi connectivity index (χ2n) is 6.51. The number of halogens is 1. The molecule has 0 aliphatic carbocycles. The summed E-state index contributed by atoms with van der Waals surface area (Å²) in [5, 5.41) is 11.6. The number of furan rings is 1. The molecule has 4 rings (SSSR count). The highest BCUT2D eigenvalue weighted by Crippen LogP contribution is 2.34. The monoisotopic (exact) mass is 396 g/mol. The number of benzene rings is 2. The van der Waals surface area contributed by atoms with E-state index in [0.717, 1.165) is 10.9 Å². The summed E-state index contributed by atoms with van der Waals surface area (Å²) in [5.41, 5.74) is 1.54. The molecule has 142 valence electrons. The zero-order chi connectivity index (χ0) is 19.8. The molecule has 0 aliphatic heterocycles. The molecule has 0 radical (unpaired) electrons. The van der Waals surface area contributed by atoms with Gasteiger partial charge in [0.1, 0.15) is 23.7 Å². The Morgan fingerprint density at radius 1 is 1.04 bits per heavy atom. The molecule has 5 nitrogen and oxygen atoms in total. The predicted molar refractivity (Wildman–Crippen MR) is 107 cm³/mol. The largest absolute Gasteiger partial charge is 0.507 e. The standard InChI is InChI=1S/C22H17ClO5/c1-12-20(24)13(2)22(25)28-21(12)19-10-15-9-16(7-8-18(15)27-19)26-11-14-5-3-4-6-17(14)23/h3-10,24H,11H2,1-2H3. The minimum Gasteiger partial charge on any atom is -0.507 e. The Morgan fingerprint density at radius 3 is 2.61 bits per heavy atom. The molecule has 2 heterocycles. The maximum atomic E-state index is 11.9. The summed E-state index contributed by atoms with van der Waals surface area (Å²) >= 11 is 6.16. The van der Waals surface area contributed by atoms with E-state index in [0.29, 0.717) is 34.3 Å². The lowest BCUT2D eigenvalue weighted by atomic mass is 10.1. The molecule has 2 aromatic carbocycles. The van der Waals surface area contributed by atoms with E-state index >= 15 is 0 Å². The van der Waals surface area contributed by atoms with Crippen LogP contribution >= 0.6 is 11.6 Å². The zero-order valence-corrected chi connectivity index (χ0v) is 16.0. The minimum atomic E-state index is -0.595. The maximum Gasteiger partial charge on any atom is 0.343 e. The fourth-order valence-corrected chi connectivity index (χ4v) is 3.16. The number of fused-ring (bicyclic) bond motifs is 1. The highest BCUT2D eigenvalue weighted by atomic mass is 35.5. The fraction of sp³-hybridized carbons (Fsp3) is 0.136. The van der Waals surface area contributed by atoms with Crippen molar-refractivity contribution in [1.29, 1.82) is 0 Å². The first kappa shape index (κ1) is 18.2. The van der Waals surface area contributed by atoms with Crippen LogP contribution in [-0.2, 0) is 6.61 Å². The van der Waals surface area contributed by atoms with Gasteiger partial charge in [-0.25, -0.2) is 4.79 Å². The van der Waals surface area contributed by atoms with E-state index in [4.69, 9.17) is 25.2 Å². The van der Waals surface area contributed by atoms with Gasteiger partial charge in [0.05, 0.1) is 5.56 Å². The number of rotatable bonds is 4. The van der Waals surface area contributed by atoms with Gasteiger partial charge in [-0.05, 0) is 44.2 Å². The van der Waals surface area contributed by atoms with Crippen LogP contribution in [0, 0.1) is 13.8 Å². The quantitative estimate of drug-likeness (QED) is 0.485. The van der Waals surface area contributed by atoms with Gasteiger partial charge in [-0.3, -0.25) is 0 Å². The molecule has 1 N–H and O–H groups in total. The van der Waals surface area contributed by atoms with Crippen LogP contribution in [0.25, 0.3) is 22.5 Å². The lowest BCUT2D eigenvalue weighted by Gasteiger charge is -2.07. The lowest BCUT2D eigenvalue weighted by Crippen LogP contribution is -2.05. The molecule has 2 aromatic heterocycles. The van der Waals surface area contributed by atoms with E-state index in [-0.39, 0.29) is 17.1 Å². The van der Waals surface area contributed by atoms with E-state index in [2.05, 4.69) is 0 Å². The van der Waals surface area contributed by atoms with Gasteiger partial charge in [0, 0.05) is 21.5 Å². The van der Waals surface area contributed by atoms with Crippen molar-refractivity contribution in [2.75, 3.05) is 0 Å². The lowest BCUT2D eigenvalue weighted by molar-refractivity contribution is 0.306. The van der Waals surface area contributed by atoms with Crippen LogP contribution in [0.3, 0.4) is 0 Å². The topological polar surface area (TPSA) is 72.8 Å². The smallest absolute Gasteiger partial charge is 0.343 e. The third-order valence-corrected chi connectivity index (χ3v) is 4.98. The molecule has 0 saturated carbocycles. The first-order valence-electron chi connectivity index (χ1n) is 8.67. The summed E-state index contributed by atoms with van der Waals surface area (Å²) in [5.74, 6) is 1.14. The van der Waals surface area contributed by atoms with Gasteiger partial charge in [-0.15, -0.1) is 0 Å². The van der Waals surface area contributed by atoms with Crippen LogP contribution < -0.4 is 10.4 Å². The van der Waals surface area contributed by atoms with Gasteiger partial charge in [0.15, 0.2) is 11.5 Å². The van der Waals surface area contributed by atoms with Crippen molar-refractivity contribution >= 4 is 22.6 Å². The van der Waals surface area contributed by atoms with Gasteiger partial charge >= 0.3 is 5.63 Å². The average Bonchev–Trinajstić information content (AvgIpc) is 3.11. The van der Waals surface area contributed by atoms with E-state index < -0.39 is 5.63 Å². The summed E-state index contributed by atoms with van der Waals surface area (Å²) in [7, 11) is 0. The number of aromatic hydroxyl groups is 1. The average molecular weight is 397 g/mol. The molecule has 0 unspecified atom stereocenters. The highest BCUT2D eigenvalue weighted by molar-refractivity contribution is 6.31. The van der Waals surface area contributed by atoms with Crippen molar-refractivity contribution in [2.24, 2.45) is 0 Å². The second kappa shape index (κ2) is 7.09. The molecular formula is C22H17ClO5. The molecule has 6 heteroatoms. The van der Waals surface area contributed by atoms with Gasteiger partial charge in [0.25, 0.3) is 0 Å². The van der Waals surface area contributed by atoms with Crippen molar-refractivity contribution in [3.8, 4) is 23.0 Å². The Morgan fingerprint density at radius 2 is 1.82 bits per heavy atom. The second-order valence-corrected chi connectivity index (χ2v) is 6.91.